The van der Waals surface area contributed by atoms with Crippen LogP contribution in [0.5, 0.6) is 0 Å². The van der Waals surface area contributed by atoms with Gasteiger partial charge >= 0.3 is 0 Å². The molecule has 0 N–H and O–H groups in total. The quantitative estimate of drug-likeness (QED) is 0.245. The van der Waals surface area contributed by atoms with Gasteiger partial charge in [-0.05, 0) is 6.92 Å². The van der Waals surface area contributed by atoms with Gasteiger partial charge in [0, 0.05) is 0 Å². The van der Waals surface area contributed by atoms with Crippen LogP contribution in [0.3, 0.4) is 0 Å². The van der Waals surface area contributed by atoms with Crippen molar-refractivity contribution in [2.45, 2.75) is 13.0 Å². The van der Waals surface area contributed by atoms with Crippen molar-refractivity contribution >= 4 is 10.4 Å². The van der Waals surface area contributed by atoms with Gasteiger partial charge in [0.05, 0.1) is 32.5 Å². The summed E-state index contributed by atoms with van der Waals surface area (Å²) in [6, 6.07) is 0. The van der Waals surface area contributed by atoms with E-state index in [1.807, 2.05) is 0 Å². The van der Waals surface area contributed by atoms with Crippen LogP contribution in [0.1, 0.15) is 6.92 Å². The molecule has 6 nitrogen and oxygen atoms in total. The summed E-state index contributed by atoms with van der Waals surface area (Å²) in [5, 5.41) is 0. The van der Waals surface area contributed by atoms with Crippen LogP contribution in [0.4, 0.5) is 0 Å². The molecular formula is C8H15O6S-. The van der Waals surface area contributed by atoms with Crippen molar-refractivity contribution in [2.24, 2.45) is 0 Å². The Morgan fingerprint density at radius 1 is 1.47 bits per heavy atom. The first-order chi connectivity index (χ1) is 6.95. The van der Waals surface area contributed by atoms with Crippen LogP contribution < -0.4 is 0 Å². The Balaban J connectivity index is 3.38. The molecule has 0 saturated carbocycles. The summed E-state index contributed by atoms with van der Waals surface area (Å²) in [6.45, 7) is 5.78. The number of ether oxygens (including phenoxy) is 2. The molecule has 0 heterocycles. The highest BCUT2D eigenvalue weighted by Gasteiger charge is 2.02. The van der Waals surface area contributed by atoms with Crippen LogP contribution in [0, 0.1) is 0 Å². The van der Waals surface area contributed by atoms with Gasteiger partial charge in [0.1, 0.15) is 0 Å². The van der Waals surface area contributed by atoms with Crippen molar-refractivity contribution < 1.29 is 26.6 Å². The number of hydrogen-bond donors (Lipinski definition) is 0. The molecule has 0 aliphatic carbocycles. The smallest absolute Gasteiger partial charge is 0.217 e. The first kappa shape index (κ1) is 14.5. The van der Waals surface area contributed by atoms with Gasteiger partial charge in [0.2, 0.25) is 10.4 Å². The Morgan fingerprint density at radius 2 is 2.13 bits per heavy atom. The molecule has 0 rings (SSSR count). The van der Waals surface area contributed by atoms with Gasteiger partial charge in [-0.25, -0.2) is 8.42 Å². The summed E-state index contributed by atoms with van der Waals surface area (Å²) < 4.78 is 44.2. The zero-order valence-electron chi connectivity index (χ0n) is 8.55. The number of hydrogen-bond acceptors (Lipinski definition) is 6. The fourth-order valence-electron chi connectivity index (χ4n) is 0.751. The Labute approximate surface area is 89.8 Å². The van der Waals surface area contributed by atoms with E-state index in [9.17, 15) is 13.0 Å². The summed E-state index contributed by atoms with van der Waals surface area (Å²) in [4.78, 5) is 0. The zero-order valence-corrected chi connectivity index (χ0v) is 9.36. The molecule has 90 valence electrons. The molecule has 0 aromatic heterocycles. The van der Waals surface area contributed by atoms with E-state index in [0.29, 0.717) is 13.2 Å². The molecule has 1 unspecified atom stereocenters. The first-order valence-corrected chi connectivity index (χ1v) is 5.69. The van der Waals surface area contributed by atoms with Crippen molar-refractivity contribution in [3.63, 3.8) is 0 Å². The van der Waals surface area contributed by atoms with Gasteiger partial charge in [0.25, 0.3) is 0 Å². The lowest BCUT2D eigenvalue weighted by Crippen LogP contribution is -2.19. The highest BCUT2D eigenvalue weighted by atomic mass is 32.3. The maximum Gasteiger partial charge on any atom is 0.217 e. The highest BCUT2D eigenvalue weighted by molar-refractivity contribution is 7.80. The molecule has 0 aromatic carbocycles. The molecule has 1 atom stereocenters. The molecule has 15 heavy (non-hydrogen) atoms. The molecular weight excluding hydrogens is 224 g/mol. The van der Waals surface area contributed by atoms with Gasteiger partial charge in [-0.1, -0.05) is 6.08 Å². The molecule has 0 radical (unpaired) electrons. The molecule has 0 amide bonds. The van der Waals surface area contributed by atoms with E-state index in [1.165, 1.54) is 0 Å². The standard InChI is InChI=1S/C8H16O6S/c1-3-4-12-7-8(2)13-5-6-14-15(9,10)11/h3,8H,1,4-7H2,2H3,(H,9,10,11)/p-1. The minimum atomic E-state index is -4.62. The van der Waals surface area contributed by atoms with Gasteiger partial charge < -0.3 is 14.0 Å². The summed E-state index contributed by atoms with van der Waals surface area (Å²) in [5.74, 6) is 0. The van der Waals surface area contributed by atoms with Crippen LogP contribution >= 0.6 is 0 Å². The lowest BCUT2D eigenvalue weighted by molar-refractivity contribution is -0.00996. The Bertz CT molecular complexity index is 260. The van der Waals surface area contributed by atoms with E-state index in [2.05, 4.69) is 10.8 Å². The van der Waals surface area contributed by atoms with Crippen LogP contribution in [-0.4, -0.2) is 45.5 Å². The average molecular weight is 239 g/mol. The van der Waals surface area contributed by atoms with Crippen LogP contribution in [0.15, 0.2) is 12.7 Å². The van der Waals surface area contributed by atoms with E-state index < -0.39 is 10.4 Å². The van der Waals surface area contributed by atoms with E-state index in [4.69, 9.17) is 9.47 Å². The van der Waals surface area contributed by atoms with Crippen molar-refractivity contribution in [1.29, 1.82) is 0 Å². The van der Waals surface area contributed by atoms with E-state index in [-0.39, 0.29) is 19.3 Å². The minimum absolute atomic E-state index is 0.0279. The Hall–Kier alpha value is -0.470. The van der Waals surface area contributed by atoms with Gasteiger partial charge in [-0.15, -0.1) is 6.58 Å². The molecule has 0 bridgehead atoms. The molecule has 0 spiro atoms. The maximum atomic E-state index is 10.0. The summed E-state index contributed by atoms with van der Waals surface area (Å²) >= 11 is 0. The van der Waals surface area contributed by atoms with Crippen LogP contribution in [0.25, 0.3) is 0 Å². The molecule has 0 aromatic rings. The predicted octanol–water partition coefficient (Wildman–Crippen LogP) is 0.0709. The summed E-state index contributed by atoms with van der Waals surface area (Å²) in [6.07, 6.45) is 1.42. The summed E-state index contributed by atoms with van der Waals surface area (Å²) in [7, 11) is -4.62. The third-order valence-corrected chi connectivity index (χ3v) is 1.76. The number of rotatable bonds is 9. The maximum absolute atomic E-state index is 10.0. The second kappa shape index (κ2) is 7.77. The lowest BCUT2D eigenvalue weighted by atomic mass is 10.4. The molecule has 0 saturated heterocycles. The molecule has 0 aliphatic rings. The monoisotopic (exact) mass is 239 g/mol. The third kappa shape index (κ3) is 11.5. The third-order valence-electron chi connectivity index (χ3n) is 1.30. The zero-order chi connectivity index (χ0) is 11.7. The van der Waals surface area contributed by atoms with E-state index in [1.54, 1.807) is 13.0 Å². The SMILES string of the molecule is C=CCOCC(C)OCCOS(=O)(=O)[O-]. The first-order valence-electron chi connectivity index (χ1n) is 4.36. The largest absolute Gasteiger partial charge is 0.726 e. The van der Waals surface area contributed by atoms with Crippen LogP contribution in [0.2, 0.25) is 0 Å². The van der Waals surface area contributed by atoms with Crippen molar-refractivity contribution in [2.75, 3.05) is 26.4 Å². The van der Waals surface area contributed by atoms with Crippen LogP contribution in [-0.2, 0) is 24.1 Å². The summed E-state index contributed by atoms with van der Waals surface area (Å²) in [5.41, 5.74) is 0. The van der Waals surface area contributed by atoms with Gasteiger partial charge in [-0.3, -0.25) is 4.18 Å². The van der Waals surface area contributed by atoms with Crippen molar-refractivity contribution in [3.8, 4) is 0 Å². The lowest BCUT2D eigenvalue weighted by Gasteiger charge is -2.13. The Morgan fingerprint density at radius 3 is 2.67 bits per heavy atom. The second-order valence-corrected chi connectivity index (χ2v) is 3.79. The molecule has 0 fully saturated rings. The predicted molar refractivity (Wildman–Crippen MR) is 52.1 cm³/mol. The average Bonchev–Trinajstić information content (AvgIpc) is 2.11. The van der Waals surface area contributed by atoms with Crippen molar-refractivity contribution in [3.05, 3.63) is 12.7 Å². The van der Waals surface area contributed by atoms with E-state index >= 15 is 0 Å². The Kier molecular flexibility index (Phi) is 7.53. The fraction of sp³-hybridized carbons (Fsp3) is 0.750. The minimum Gasteiger partial charge on any atom is -0.726 e. The fourth-order valence-corrected chi connectivity index (χ4v) is 1.02. The van der Waals surface area contributed by atoms with Gasteiger partial charge in [-0.2, -0.15) is 0 Å². The second-order valence-electron chi connectivity index (χ2n) is 2.74. The molecule has 0 aliphatic heterocycles. The molecule has 7 heteroatoms. The van der Waals surface area contributed by atoms with E-state index in [0.717, 1.165) is 0 Å². The normalized spacial score (nSPS) is 13.7. The highest BCUT2D eigenvalue weighted by Crippen LogP contribution is 1.93. The topological polar surface area (TPSA) is 84.9 Å². The van der Waals surface area contributed by atoms with Gasteiger partial charge in [0.15, 0.2) is 0 Å². The van der Waals surface area contributed by atoms with Crippen molar-refractivity contribution in [1.82, 2.24) is 0 Å².